The highest BCUT2D eigenvalue weighted by molar-refractivity contribution is 5.93. The minimum absolute atomic E-state index is 0.0132. The van der Waals surface area contributed by atoms with E-state index in [-0.39, 0.29) is 41.9 Å². The van der Waals surface area contributed by atoms with Gasteiger partial charge in [0, 0.05) is 37.8 Å². The number of amides is 1. The molecule has 1 aromatic carbocycles. The van der Waals surface area contributed by atoms with E-state index in [9.17, 15) is 9.59 Å². The molecule has 26 heavy (non-hydrogen) atoms. The second-order valence-electron chi connectivity index (χ2n) is 6.95. The zero-order valence-corrected chi connectivity index (χ0v) is 14.4. The highest BCUT2D eigenvalue weighted by Crippen LogP contribution is 2.24. The van der Waals surface area contributed by atoms with Crippen LogP contribution < -0.4 is 10.7 Å². The van der Waals surface area contributed by atoms with E-state index in [1.165, 1.54) is 6.07 Å². The number of aliphatic hydroxyl groups is 1. The Morgan fingerprint density at radius 2 is 2.15 bits per heavy atom. The lowest BCUT2D eigenvalue weighted by Gasteiger charge is -2.34. The number of carbonyl (C=O) groups excluding carboxylic acids is 1. The molecular weight excluding hydrogens is 336 g/mol. The molecule has 3 heterocycles. The highest BCUT2D eigenvalue weighted by Gasteiger charge is 2.37. The number of fused-ring (bicyclic) bond motifs is 2. The van der Waals surface area contributed by atoms with Crippen LogP contribution in [0.25, 0.3) is 11.0 Å². The van der Waals surface area contributed by atoms with E-state index in [4.69, 9.17) is 14.3 Å². The Morgan fingerprint density at radius 1 is 1.31 bits per heavy atom. The zero-order valence-electron chi connectivity index (χ0n) is 14.4. The van der Waals surface area contributed by atoms with Gasteiger partial charge in [0.1, 0.15) is 5.58 Å². The number of carbonyl (C=O) groups is 1. The highest BCUT2D eigenvalue weighted by atomic mass is 16.5. The molecule has 138 valence electrons. The molecule has 0 unspecified atom stereocenters. The van der Waals surface area contributed by atoms with E-state index in [1.54, 1.807) is 24.3 Å². The molecule has 4 rings (SSSR count). The number of nitrogens with one attached hydrogen (secondary N) is 1. The van der Waals surface area contributed by atoms with Gasteiger partial charge in [0.25, 0.3) is 5.91 Å². The van der Waals surface area contributed by atoms with E-state index in [1.807, 2.05) is 0 Å². The van der Waals surface area contributed by atoms with Gasteiger partial charge in [-0.05, 0) is 25.0 Å². The first kappa shape index (κ1) is 17.2. The summed E-state index contributed by atoms with van der Waals surface area (Å²) in [6.07, 6.45) is 1.47. The summed E-state index contributed by atoms with van der Waals surface area (Å²) in [5.74, 6) is -0.335. The molecule has 0 radical (unpaired) electrons. The SMILES string of the molecule is O=C(N[C@H]1C[C@H]2CO[C@@H](CCO)CN2C1)c1cc(=O)c2ccccc2o1. The maximum Gasteiger partial charge on any atom is 0.287 e. The van der Waals surface area contributed by atoms with Gasteiger partial charge in [0.2, 0.25) is 0 Å². The summed E-state index contributed by atoms with van der Waals surface area (Å²) < 4.78 is 11.4. The monoisotopic (exact) mass is 358 g/mol. The number of nitrogens with zero attached hydrogens (tertiary/aromatic N) is 1. The van der Waals surface area contributed by atoms with Crippen LogP contribution >= 0.6 is 0 Å². The Kier molecular flexibility index (Phi) is 4.76. The van der Waals surface area contributed by atoms with Gasteiger partial charge >= 0.3 is 0 Å². The molecule has 1 aromatic heterocycles. The topological polar surface area (TPSA) is 92.0 Å². The lowest BCUT2D eigenvalue weighted by atomic mass is 10.1. The first-order chi connectivity index (χ1) is 12.6. The Morgan fingerprint density at radius 3 is 3.00 bits per heavy atom. The van der Waals surface area contributed by atoms with Crippen LogP contribution in [-0.4, -0.2) is 60.4 Å². The van der Waals surface area contributed by atoms with E-state index >= 15 is 0 Å². The second-order valence-corrected chi connectivity index (χ2v) is 6.95. The lowest BCUT2D eigenvalue weighted by Crippen LogP contribution is -2.46. The summed E-state index contributed by atoms with van der Waals surface area (Å²) >= 11 is 0. The Balaban J connectivity index is 1.44. The van der Waals surface area contributed by atoms with Crippen LogP contribution in [0.5, 0.6) is 0 Å². The molecule has 0 aliphatic carbocycles. The smallest absolute Gasteiger partial charge is 0.287 e. The Hall–Kier alpha value is -2.22. The molecule has 7 nitrogen and oxygen atoms in total. The largest absolute Gasteiger partial charge is 0.451 e. The number of rotatable bonds is 4. The molecule has 3 atom stereocenters. The van der Waals surface area contributed by atoms with Crippen LogP contribution in [0, 0.1) is 0 Å². The molecule has 2 fully saturated rings. The van der Waals surface area contributed by atoms with Gasteiger partial charge in [0.15, 0.2) is 11.2 Å². The summed E-state index contributed by atoms with van der Waals surface area (Å²) in [5, 5.41) is 12.5. The quantitative estimate of drug-likeness (QED) is 0.838. The first-order valence-corrected chi connectivity index (χ1v) is 8.94. The normalized spacial score (nSPS) is 26.0. The van der Waals surface area contributed by atoms with Crippen molar-refractivity contribution in [1.82, 2.24) is 10.2 Å². The van der Waals surface area contributed by atoms with Gasteiger partial charge < -0.3 is 19.6 Å². The Labute approximate surface area is 150 Å². The Bertz CT molecular complexity index is 864. The third-order valence-corrected chi connectivity index (χ3v) is 5.14. The van der Waals surface area contributed by atoms with Crippen molar-refractivity contribution in [3.05, 3.63) is 46.3 Å². The molecular formula is C19H22N2O5. The first-order valence-electron chi connectivity index (χ1n) is 8.94. The molecule has 0 spiro atoms. The van der Waals surface area contributed by atoms with Gasteiger partial charge in [0.05, 0.1) is 18.1 Å². The van der Waals surface area contributed by atoms with Crippen LogP contribution in [0.3, 0.4) is 0 Å². The molecule has 2 aliphatic heterocycles. The molecule has 2 N–H and O–H groups in total. The fourth-order valence-corrected chi connectivity index (χ4v) is 3.84. The predicted molar refractivity (Wildman–Crippen MR) is 95.2 cm³/mol. The average molecular weight is 358 g/mol. The van der Waals surface area contributed by atoms with Gasteiger partial charge in [-0.2, -0.15) is 0 Å². The maximum absolute atomic E-state index is 12.5. The summed E-state index contributed by atoms with van der Waals surface area (Å²) in [7, 11) is 0. The third kappa shape index (κ3) is 3.38. The van der Waals surface area contributed by atoms with Gasteiger partial charge in [-0.15, -0.1) is 0 Å². The van der Waals surface area contributed by atoms with Gasteiger partial charge in [-0.1, -0.05) is 12.1 Å². The number of hydrogen-bond acceptors (Lipinski definition) is 6. The maximum atomic E-state index is 12.5. The summed E-state index contributed by atoms with van der Waals surface area (Å²) in [6, 6.07) is 8.41. The number of hydrogen-bond donors (Lipinski definition) is 2. The van der Waals surface area contributed by atoms with E-state index in [0.29, 0.717) is 24.0 Å². The molecule has 7 heteroatoms. The summed E-state index contributed by atoms with van der Waals surface area (Å²) in [4.78, 5) is 27.0. The fraction of sp³-hybridized carbons (Fsp3) is 0.474. The number of morpholine rings is 1. The fourth-order valence-electron chi connectivity index (χ4n) is 3.84. The number of aliphatic hydroxyl groups excluding tert-OH is 1. The lowest BCUT2D eigenvalue weighted by molar-refractivity contribution is -0.0566. The van der Waals surface area contributed by atoms with Crippen LogP contribution in [0.4, 0.5) is 0 Å². The van der Waals surface area contributed by atoms with E-state index in [0.717, 1.165) is 19.5 Å². The minimum Gasteiger partial charge on any atom is -0.451 e. The van der Waals surface area contributed by atoms with E-state index in [2.05, 4.69) is 10.2 Å². The van der Waals surface area contributed by atoms with Crippen molar-refractivity contribution in [1.29, 1.82) is 0 Å². The van der Waals surface area contributed by atoms with E-state index < -0.39 is 0 Å². The van der Waals surface area contributed by atoms with Gasteiger partial charge in [-0.25, -0.2) is 0 Å². The number of ether oxygens (including phenoxy) is 1. The van der Waals surface area contributed by atoms with Crippen LogP contribution in [-0.2, 0) is 4.74 Å². The van der Waals surface area contributed by atoms with Gasteiger partial charge in [-0.3, -0.25) is 14.5 Å². The average Bonchev–Trinajstić information content (AvgIpc) is 3.03. The standard InChI is InChI=1S/C19H22N2O5/c22-6-5-14-10-21-9-12(7-13(21)11-25-14)20-19(24)18-8-16(23)15-3-1-2-4-17(15)26-18/h1-4,8,12-14,22H,5-7,9-11H2,(H,20,24)/t12-,13-,14-/m0/s1. The predicted octanol–water partition coefficient (Wildman–Crippen LogP) is 0.747. The second kappa shape index (κ2) is 7.19. The van der Waals surface area contributed by atoms with Crippen molar-refractivity contribution < 1.29 is 19.1 Å². The summed E-state index contributed by atoms with van der Waals surface area (Å²) in [5.41, 5.74) is 0.190. The molecule has 2 aliphatic rings. The number of para-hydroxylation sites is 1. The molecule has 2 aromatic rings. The molecule has 0 bridgehead atoms. The zero-order chi connectivity index (χ0) is 18.1. The van der Waals surface area contributed by atoms with Crippen molar-refractivity contribution in [3.63, 3.8) is 0 Å². The molecule has 2 saturated heterocycles. The van der Waals surface area contributed by atoms with Crippen LogP contribution in [0.1, 0.15) is 23.4 Å². The van der Waals surface area contributed by atoms with Crippen LogP contribution in [0.15, 0.2) is 39.5 Å². The van der Waals surface area contributed by atoms with Crippen molar-refractivity contribution >= 4 is 16.9 Å². The van der Waals surface area contributed by atoms with Crippen molar-refractivity contribution in [2.45, 2.75) is 31.0 Å². The molecule has 0 saturated carbocycles. The summed E-state index contributed by atoms with van der Waals surface area (Å²) in [6.45, 7) is 2.23. The van der Waals surface area contributed by atoms with Crippen molar-refractivity contribution in [3.8, 4) is 0 Å². The van der Waals surface area contributed by atoms with Crippen molar-refractivity contribution in [2.24, 2.45) is 0 Å². The third-order valence-electron chi connectivity index (χ3n) is 5.14. The van der Waals surface area contributed by atoms with Crippen LogP contribution in [0.2, 0.25) is 0 Å². The minimum atomic E-state index is -0.370. The van der Waals surface area contributed by atoms with Crippen molar-refractivity contribution in [2.75, 3.05) is 26.3 Å². The number of benzene rings is 1. The molecule has 1 amide bonds.